The smallest absolute Gasteiger partial charge is 0.362 e. The van der Waals surface area contributed by atoms with E-state index in [9.17, 15) is 0 Å². The normalized spacial score (nSPS) is 10.7. The molecule has 4 N–H and O–H groups in total. The Bertz CT molecular complexity index is 1200. The number of hydrogen-bond donors (Lipinski definition) is 4. The maximum atomic E-state index is 5.12. The molecule has 4 aromatic rings. The number of hydrogen-bond acceptors (Lipinski definition) is 6. The van der Waals surface area contributed by atoms with Gasteiger partial charge in [-0.15, -0.1) is 0 Å². The Balaban J connectivity index is 0.000000280. The van der Waals surface area contributed by atoms with Crippen molar-refractivity contribution in [2.24, 2.45) is 10.2 Å². The van der Waals surface area contributed by atoms with Gasteiger partial charge in [-0.1, -0.05) is 72.8 Å². The van der Waals surface area contributed by atoms with Crippen LogP contribution in [0, 0.1) is 0 Å². The van der Waals surface area contributed by atoms with Crippen LogP contribution in [-0.4, -0.2) is 44.7 Å². The predicted molar refractivity (Wildman–Crippen MR) is 171 cm³/mol. The van der Waals surface area contributed by atoms with E-state index in [0.29, 0.717) is 10.2 Å². The van der Waals surface area contributed by atoms with Crippen molar-refractivity contribution in [1.82, 2.24) is 31.5 Å². The van der Waals surface area contributed by atoms with Crippen LogP contribution in [0.25, 0.3) is 0 Å². The summed E-state index contributed by atoms with van der Waals surface area (Å²) in [6, 6.07) is 31.2. The standard InChI is InChI=1S/2C15H16N4S.Fe/c2*1-2-16-15(20)19-18-14(12-8-4-3-5-9-12)13-10-6-7-11-17-13;/h2*3-11H,2H2,1H3,(H2,16,19,20);/q;;+3/b2*18-14-;. The summed E-state index contributed by atoms with van der Waals surface area (Å²) in [6.45, 7) is 5.47. The van der Waals surface area contributed by atoms with Crippen LogP contribution in [-0.2, 0) is 17.1 Å². The first-order valence-corrected chi connectivity index (χ1v) is 13.6. The maximum Gasteiger partial charge on any atom is 3.00 e. The van der Waals surface area contributed by atoms with Gasteiger partial charge in [0.15, 0.2) is 10.2 Å². The summed E-state index contributed by atoms with van der Waals surface area (Å²) in [5.41, 5.74) is 10.8. The average Bonchev–Trinajstić information content (AvgIpc) is 3.00. The molecule has 0 unspecified atom stereocenters. The average molecular weight is 625 g/mol. The van der Waals surface area contributed by atoms with Crippen molar-refractivity contribution in [3.8, 4) is 0 Å². The van der Waals surface area contributed by atoms with E-state index in [1.54, 1.807) is 12.4 Å². The number of aromatic nitrogens is 2. The van der Waals surface area contributed by atoms with Gasteiger partial charge in [0, 0.05) is 36.6 Å². The summed E-state index contributed by atoms with van der Waals surface area (Å²) in [6.07, 6.45) is 3.49. The molecule has 8 nitrogen and oxygen atoms in total. The minimum atomic E-state index is 0. The summed E-state index contributed by atoms with van der Waals surface area (Å²) in [5, 5.41) is 15.8. The first-order chi connectivity index (χ1) is 19.6. The van der Waals surface area contributed by atoms with Gasteiger partial charge in [0.1, 0.15) is 11.4 Å². The van der Waals surface area contributed by atoms with Gasteiger partial charge in [0.05, 0.1) is 11.4 Å². The predicted octanol–water partition coefficient (Wildman–Crippen LogP) is 4.63. The number of pyridine rings is 2. The minimum absolute atomic E-state index is 0. The number of benzene rings is 2. The van der Waals surface area contributed by atoms with Gasteiger partial charge < -0.3 is 10.6 Å². The number of nitrogens with one attached hydrogen (secondary N) is 4. The Morgan fingerprint density at radius 2 is 0.951 bits per heavy atom. The molecule has 0 atom stereocenters. The van der Waals surface area contributed by atoms with E-state index in [1.165, 1.54) is 0 Å². The van der Waals surface area contributed by atoms with Gasteiger partial charge in [-0.3, -0.25) is 20.8 Å². The van der Waals surface area contributed by atoms with Gasteiger partial charge >= 0.3 is 17.1 Å². The van der Waals surface area contributed by atoms with Crippen molar-refractivity contribution in [2.45, 2.75) is 13.8 Å². The zero-order chi connectivity index (χ0) is 28.4. The van der Waals surface area contributed by atoms with E-state index in [1.807, 2.05) is 111 Å². The molecule has 0 amide bonds. The molecule has 2 aromatic carbocycles. The van der Waals surface area contributed by atoms with Crippen LogP contribution in [0.1, 0.15) is 36.4 Å². The topological polar surface area (TPSA) is 98.6 Å². The van der Waals surface area contributed by atoms with Crippen molar-refractivity contribution in [2.75, 3.05) is 13.1 Å². The fourth-order valence-electron chi connectivity index (χ4n) is 3.35. The molecule has 4 rings (SSSR count). The molecule has 0 spiro atoms. The van der Waals surface area contributed by atoms with Crippen molar-refractivity contribution in [3.05, 3.63) is 132 Å². The summed E-state index contributed by atoms with van der Waals surface area (Å²) in [5.74, 6) is 0. The van der Waals surface area contributed by atoms with Gasteiger partial charge in [0.25, 0.3) is 0 Å². The molecule has 11 heteroatoms. The third-order valence-electron chi connectivity index (χ3n) is 5.12. The minimum Gasteiger partial charge on any atom is -0.362 e. The molecule has 0 aliphatic carbocycles. The van der Waals surface area contributed by atoms with E-state index in [0.717, 1.165) is 47.0 Å². The van der Waals surface area contributed by atoms with Gasteiger partial charge in [-0.2, -0.15) is 10.2 Å². The molecule has 2 heterocycles. The van der Waals surface area contributed by atoms with E-state index in [2.05, 4.69) is 41.7 Å². The molecule has 2 aromatic heterocycles. The molecular formula is C30H32FeN8S2+3. The molecule has 0 aliphatic rings. The van der Waals surface area contributed by atoms with Crippen molar-refractivity contribution < 1.29 is 17.1 Å². The third kappa shape index (κ3) is 11.5. The van der Waals surface area contributed by atoms with Crippen LogP contribution < -0.4 is 21.5 Å². The molecule has 0 aliphatic heterocycles. The summed E-state index contributed by atoms with van der Waals surface area (Å²) in [4.78, 5) is 8.69. The van der Waals surface area contributed by atoms with Crippen LogP contribution in [0.15, 0.2) is 120 Å². The van der Waals surface area contributed by atoms with Crippen LogP contribution in [0.3, 0.4) is 0 Å². The van der Waals surface area contributed by atoms with E-state index in [-0.39, 0.29) is 17.1 Å². The molecule has 0 saturated carbocycles. The Hall–Kier alpha value is -4.02. The molecule has 0 saturated heterocycles. The summed E-state index contributed by atoms with van der Waals surface area (Å²) >= 11 is 10.2. The second-order valence-electron chi connectivity index (χ2n) is 8.03. The molecular weight excluding hydrogens is 592 g/mol. The van der Waals surface area contributed by atoms with E-state index < -0.39 is 0 Å². The number of thiocarbonyl (C=S) groups is 2. The Kier molecular flexibility index (Phi) is 15.5. The van der Waals surface area contributed by atoms with Crippen molar-refractivity contribution >= 4 is 46.1 Å². The first-order valence-electron chi connectivity index (χ1n) is 12.8. The van der Waals surface area contributed by atoms with E-state index in [4.69, 9.17) is 24.4 Å². The Morgan fingerprint density at radius 3 is 1.27 bits per heavy atom. The summed E-state index contributed by atoms with van der Waals surface area (Å²) < 4.78 is 0. The fourth-order valence-corrected chi connectivity index (χ4v) is 3.73. The zero-order valence-electron chi connectivity index (χ0n) is 22.8. The van der Waals surface area contributed by atoms with Crippen LogP contribution in [0.4, 0.5) is 0 Å². The quantitative estimate of drug-likeness (QED) is 0.0976. The van der Waals surface area contributed by atoms with Crippen LogP contribution in [0.5, 0.6) is 0 Å². The second kappa shape index (κ2) is 19.1. The number of nitrogens with zero attached hydrogens (tertiary/aromatic N) is 4. The largest absolute Gasteiger partial charge is 3.00 e. The van der Waals surface area contributed by atoms with Gasteiger partial charge in [-0.25, -0.2) is 0 Å². The molecule has 41 heavy (non-hydrogen) atoms. The van der Waals surface area contributed by atoms with Gasteiger partial charge in [-0.05, 0) is 62.5 Å². The zero-order valence-corrected chi connectivity index (χ0v) is 25.5. The van der Waals surface area contributed by atoms with Crippen molar-refractivity contribution in [3.63, 3.8) is 0 Å². The SMILES string of the molecule is CCNC(=S)N/N=C(/c1ccccc1)c1ccccn1.CCNC(=S)N/N=C(/c1ccccc1)c1ccccn1.[Fe+3]. The number of rotatable bonds is 8. The Labute approximate surface area is 262 Å². The Morgan fingerprint density at radius 1 is 0.585 bits per heavy atom. The van der Waals surface area contributed by atoms with Crippen LogP contribution >= 0.6 is 24.4 Å². The second-order valence-corrected chi connectivity index (χ2v) is 8.84. The maximum absolute atomic E-state index is 5.12. The molecule has 209 valence electrons. The first kappa shape index (κ1) is 33.2. The van der Waals surface area contributed by atoms with Gasteiger partial charge in [0.2, 0.25) is 0 Å². The monoisotopic (exact) mass is 624 g/mol. The molecule has 0 bridgehead atoms. The molecule has 1 radical (unpaired) electrons. The van der Waals surface area contributed by atoms with Crippen molar-refractivity contribution in [1.29, 1.82) is 0 Å². The van der Waals surface area contributed by atoms with Crippen LogP contribution in [0.2, 0.25) is 0 Å². The third-order valence-corrected chi connectivity index (χ3v) is 5.59. The number of hydrazone groups is 2. The molecule has 0 fully saturated rings. The fraction of sp³-hybridized carbons (Fsp3) is 0.133. The van der Waals surface area contributed by atoms with E-state index >= 15 is 0 Å². The summed E-state index contributed by atoms with van der Waals surface area (Å²) in [7, 11) is 0.